The van der Waals surface area contributed by atoms with Crippen molar-refractivity contribution in [3.8, 4) is 0 Å². The minimum Gasteiger partial charge on any atom is -0.207 e. The molecular formula is C15H19ClF2. The molecule has 1 fully saturated rings. The Morgan fingerprint density at radius 3 is 2.56 bits per heavy atom. The first-order valence-corrected chi connectivity index (χ1v) is 7.17. The Bertz CT molecular complexity index is 386. The summed E-state index contributed by atoms with van der Waals surface area (Å²) < 4.78 is 26.3. The number of hydrogen-bond donors (Lipinski definition) is 0. The normalized spacial score (nSPS) is 18.8. The van der Waals surface area contributed by atoms with Crippen molar-refractivity contribution in [1.82, 2.24) is 0 Å². The van der Waals surface area contributed by atoms with E-state index in [2.05, 4.69) is 0 Å². The van der Waals surface area contributed by atoms with Crippen molar-refractivity contribution < 1.29 is 8.78 Å². The fourth-order valence-corrected chi connectivity index (χ4v) is 3.21. The summed E-state index contributed by atoms with van der Waals surface area (Å²) in [6.45, 7) is 0. The van der Waals surface area contributed by atoms with Crippen molar-refractivity contribution in [1.29, 1.82) is 0 Å². The van der Waals surface area contributed by atoms with Crippen LogP contribution in [0.2, 0.25) is 0 Å². The number of hydrogen-bond acceptors (Lipinski definition) is 0. The zero-order valence-electron chi connectivity index (χ0n) is 10.5. The standard InChI is InChI=1S/C15H19ClF2/c16-13(8-11-4-2-1-3-5-11)9-12-6-7-14(17)10-15(12)18/h6-7,10-11,13H,1-5,8-9H2. The van der Waals surface area contributed by atoms with Gasteiger partial charge in [0.2, 0.25) is 0 Å². The van der Waals surface area contributed by atoms with Crippen LogP contribution in [0, 0.1) is 17.6 Å². The Balaban J connectivity index is 1.87. The van der Waals surface area contributed by atoms with Crippen molar-refractivity contribution in [3.05, 3.63) is 35.4 Å². The fraction of sp³-hybridized carbons (Fsp3) is 0.600. The summed E-state index contributed by atoms with van der Waals surface area (Å²) in [7, 11) is 0. The smallest absolute Gasteiger partial charge is 0.129 e. The highest BCUT2D eigenvalue weighted by Gasteiger charge is 2.18. The zero-order valence-corrected chi connectivity index (χ0v) is 11.2. The molecule has 0 radical (unpaired) electrons. The molecule has 18 heavy (non-hydrogen) atoms. The predicted octanol–water partition coefficient (Wildman–Crippen LogP) is 5.09. The lowest BCUT2D eigenvalue weighted by atomic mass is 9.85. The minimum atomic E-state index is -0.533. The van der Waals surface area contributed by atoms with Crippen molar-refractivity contribution in [2.45, 2.75) is 50.3 Å². The average Bonchev–Trinajstić information content (AvgIpc) is 2.34. The van der Waals surface area contributed by atoms with Crippen LogP contribution in [0.5, 0.6) is 0 Å². The Morgan fingerprint density at radius 2 is 1.89 bits per heavy atom. The minimum absolute atomic E-state index is 0.0481. The van der Waals surface area contributed by atoms with Gasteiger partial charge in [-0.1, -0.05) is 38.2 Å². The zero-order chi connectivity index (χ0) is 13.0. The molecule has 0 amide bonds. The molecule has 1 aliphatic carbocycles. The van der Waals surface area contributed by atoms with Crippen LogP contribution in [0.4, 0.5) is 8.78 Å². The van der Waals surface area contributed by atoms with Crippen molar-refractivity contribution in [2.24, 2.45) is 5.92 Å². The van der Waals surface area contributed by atoms with Gasteiger partial charge in [0.15, 0.2) is 0 Å². The molecule has 0 N–H and O–H groups in total. The van der Waals surface area contributed by atoms with Crippen LogP contribution in [-0.4, -0.2) is 5.38 Å². The second kappa shape index (κ2) is 6.51. The second-order valence-electron chi connectivity index (χ2n) is 5.28. The van der Waals surface area contributed by atoms with Gasteiger partial charge in [-0.2, -0.15) is 0 Å². The van der Waals surface area contributed by atoms with Gasteiger partial charge in [0, 0.05) is 11.4 Å². The third-order valence-electron chi connectivity index (χ3n) is 3.77. The maximum atomic E-state index is 13.5. The summed E-state index contributed by atoms with van der Waals surface area (Å²) in [6, 6.07) is 3.73. The van der Waals surface area contributed by atoms with E-state index in [0.717, 1.165) is 12.5 Å². The lowest BCUT2D eigenvalue weighted by Gasteiger charge is -2.23. The molecule has 1 aromatic rings. The Morgan fingerprint density at radius 1 is 1.17 bits per heavy atom. The molecule has 0 nitrogen and oxygen atoms in total. The topological polar surface area (TPSA) is 0 Å². The van der Waals surface area contributed by atoms with E-state index < -0.39 is 11.6 Å². The van der Waals surface area contributed by atoms with Gasteiger partial charge in [-0.25, -0.2) is 8.78 Å². The van der Waals surface area contributed by atoms with Gasteiger partial charge in [0.25, 0.3) is 0 Å². The number of benzene rings is 1. The van der Waals surface area contributed by atoms with Gasteiger partial charge in [0.05, 0.1) is 0 Å². The molecule has 1 atom stereocenters. The molecule has 1 saturated carbocycles. The maximum absolute atomic E-state index is 13.5. The number of rotatable bonds is 4. The van der Waals surface area contributed by atoms with Crippen LogP contribution >= 0.6 is 11.6 Å². The number of alkyl halides is 1. The molecule has 1 aliphatic rings. The summed E-state index contributed by atoms with van der Waals surface area (Å²) in [6.07, 6.45) is 7.83. The van der Waals surface area contributed by atoms with Gasteiger partial charge >= 0.3 is 0 Å². The Hall–Kier alpha value is -0.630. The molecule has 0 saturated heterocycles. The molecule has 0 aliphatic heterocycles. The quantitative estimate of drug-likeness (QED) is 0.670. The second-order valence-corrected chi connectivity index (χ2v) is 5.89. The van der Waals surface area contributed by atoms with Crippen molar-refractivity contribution >= 4 is 11.6 Å². The van der Waals surface area contributed by atoms with E-state index >= 15 is 0 Å². The molecule has 1 unspecified atom stereocenters. The number of halogens is 3. The van der Waals surface area contributed by atoms with Crippen LogP contribution in [0.3, 0.4) is 0 Å². The lowest BCUT2D eigenvalue weighted by molar-refractivity contribution is 0.334. The summed E-state index contributed by atoms with van der Waals surface area (Å²) in [5.41, 5.74) is 0.521. The fourth-order valence-electron chi connectivity index (χ4n) is 2.79. The van der Waals surface area contributed by atoms with Crippen LogP contribution in [0.25, 0.3) is 0 Å². The van der Waals surface area contributed by atoms with E-state index in [1.807, 2.05) is 0 Å². The van der Waals surface area contributed by atoms with E-state index in [9.17, 15) is 8.78 Å². The molecule has 0 aromatic heterocycles. The summed E-state index contributed by atoms with van der Waals surface area (Å²) >= 11 is 6.30. The van der Waals surface area contributed by atoms with E-state index in [0.29, 0.717) is 17.9 Å². The van der Waals surface area contributed by atoms with E-state index in [-0.39, 0.29) is 5.38 Å². The predicted molar refractivity (Wildman–Crippen MR) is 70.9 cm³/mol. The van der Waals surface area contributed by atoms with Crippen LogP contribution in [0.15, 0.2) is 18.2 Å². The molecule has 0 bridgehead atoms. The Labute approximate surface area is 112 Å². The summed E-state index contributed by atoms with van der Waals surface area (Å²) in [5, 5.41) is -0.0481. The van der Waals surface area contributed by atoms with Crippen molar-refractivity contribution in [2.75, 3.05) is 0 Å². The maximum Gasteiger partial charge on any atom is 0.129 e. The van der Waals surface area contributed by atoms with Gasteiger partial charge in [-0.3, -0.25) is 0 Å². The largest absolute Gasteiger partial charge is 0.207 e. The van der Waals surface area contributed by atoms with Gasteiger partial charge in [-0.05, 0) is 30.4 Å². The van der Waals surface area contributed by atoms with Gasteiger partial charge in [0.1, 0.15) is 11.6 Å². The highest BCUT2D eigenvalue weighted by Crippen LogP contribution is 2.30. The SMILES string of the molecule is Fc1ccc(CC(Cl)CC2CCCCC2)c(F)c1. The average molecular weight is 273 g/mol. The highest BCUT2D eigenvalue weighted by molar-refractivity contribution is 6.20. The molecule has 100 valence electrons. The van der Waals surface area contributed by atoms with Gasteiger partial charge < -0.3 is 0 Å². The molecule has 3 heteroatoms. The van der Waals surface area contributed by atoms with Crippen LogP contribution in [0.1, 0.15) is 44.1 Å². The molecular weight excluding hydrogens is 254 g/mol. The first-order valence-electron chi connectivity index (χ1n) is 6.73. The van der Waals surface area contributed by atoms with Crippen molar-refractivity contribution in [3.63, 3.8) is 0 Å². The summed E-state index contributed by atoms with van der Waals surface area (Å²) in [5.74, 6) is -0.330. The van der Waals surface area contributed by atoms with E-state index in [1.165, 1.54) is 44.2 Å². The Kier molecular flexibility index (Phi) is 4.99. The first kappa shape index (κ1) is 13.8. The van der Waals surface area contributed by atoms with E-state index in [4.69, 9.17) is 11.6 Å². The summed E-state index contributed by atoms with van der Waals surface area (Å²) in [4.78, 5) is 0. The molecule has 0 heterocycles. The monoisotopic (exact) mass is 272 g/mol. The molecule has 2 rings (SSSR count). The third-order valence-corrected chi connectivity index (χ3v) is 4.10. The van der Waals surface area contributed by atoms with Crippen LogP contribution < -0.4 is 0 Å². The first-order chi connectivity index (χ1) is 8.65. The molecule has 0 spiro atoms. The lowest BCUT2D eigenvalue weighted by Crippen LogP contribution is -2.14. The van der Waals surface area contributed by atoms with E-state index in [1.54, 1.807) is 0 Å². The molecule has 1 aromatic carbocycles. The van der Waals surface area contributed by atoms with Gasteiger partial charge in [-0.15, -0.1) is 11.6 Å². The highest BCUT2D eigenvalue weighted by atomic mass is 35.5. The third kappa shape index (κ3) is 3.94. The van der Waals surface area contributed by atoms with Crippen LogP contribution in [-0.2, 0) is 6.42 Å².